The van der Waals surface area contributed by atoms with Crippen LogP contribution in [0.1, 0.15) is 20.8 Å². The SMILES string of the molecule is CC(C)(C)OCCNC1CSC1. The molecule has 0 aromatic heterocycles. The Labute approximate surface area is 79.4 Å². The van der Waals surface area contributed by atoms with Gasteiger partial charge in [0, 0.05) is 24.1 Å². The highest BCUT2D eigenvalue weighted by Gasteiger charge is 2.17. The zero-order valence-corrected chi connectivity index (χ0v) is 9.04. The van der Waals surface area contributed by atoms with Gasteiger partial charge in [-0.15, -0.1) is 0 Å². The van der Waals surface area contributed by atoms with E-state index in [1.54, 1.807) is 0 Å². The van der Waals surface area contributed by atoms with E-state index in [1.807, 2.05) is 11.8 Å². The van der Waals surface area contributed by atoms with Gasteiger partial charge in [-0.3, -0.25) is 0 Å². The summed E-state index contributed by atoms with van der Waals surface area (Å²) in [6.07, 6.45) is 0. The maximum absolute atomic E-state index is 5.58. The van der Waals surface area contributed by atoms with E-state index in [0.29, 0.717) is 0 Å². The highest BCUT2D eigenvalue weighted by atomic mass is 32.2. The van der Waals surface area contributed by atoms with E-state index < -0.39 is 0 Å². The van der Waals surface area contributed by atoms with Crippen molar-refractivity contribution in [2.75, 3.05) is 24.7 Å². The Hall–Kier alpha value is 0.270. The molecular formula is C9H19NOS. The molecule has 3 heteroatoms. The van der Waals surface area contributed by atoms with Gasteiger partial charge in [0.25, 0.3) is 0 Å². The van der Waals surface area contributed by atoms with Crippen molar-refractivity contribution >= 4 is 11.8 Å². The second-order valence-corrected chi connectivity index (χ2v) is 5.22. The van der Waals surface area contributed by atoms with Gasteiger partial charge in [-0.25, -0.2) is 0 Å². The van der Waals surface area contributed by atoms with Crippen molar-refractivity contribution in [1.29, 1.82) is 0 Å². The van der Waals surface area contributed by atoms with Crippen LogP contribution >= 0.6 is 11.8 Å². The fourth-order valence-electron chi connectivity index (χ4n) is 0.974. The third-order valence-corrected chi connectivity index (χ3v) is 2.98. The molecule has 12 heavy (non-hydrogen) atoms. The summed E-state index contributed by atoms with van der Waals surface area (Å²) in [7, 11) is 0. The van der Waals surface area contributed by atoms with Crippen LogP contribution in [-0.4, -0.2) is 36.3 Å². The topological polar surface area (TPSA) is 21.3 Å². The molecular weight excluding hydrogens is 170 g/mol. The Balaban J connectivity index is 1.88. The first-order valence-electron chi connectivity index (χ1n) is 4.53. The molecule has 0 radical (unpaired) electrons. The van der Waals surface area contributed by atoms with Crippen molar-refractivity contribution < 1.29 is 4.74 Å². The molecule has 2 nitrogen and oxygen atoms in total. The van der Waals surface area contributed by atoms with Crippen LogP contribution in [0.2, 0.25) is 0 Å². The lowest BCUT2D eigenvalue weighted by Crippen LogP contribution is -2.42. The number of ether oxygens (including phenoxy) is 1. The summed E-state index contributed by atoms with van der Waals surface area (Å²) in [4.78, 5) is 0. The van der Waals surface area contributed by atoms with Gasteiger partial charge < -0.3 is 10.1 Å². The van der Waals surface area contributed by atoms with Crippen LogP contribution in [0.3, 0.4) is 0 Å². The molecule has 1 heterocycles. The van der Waals surface area contributed by atoms with Crippen LogP contribution in [0.25, 0.3) is 0 Å². The van der Waals surface area contributed by atoms with Crippen molar-refractivity contribution in [2.45, 2.75) is 32.4 Å². The molecule has 0 aliphatic carbocycles. The molecule has 72 valence electrons. The van der Waals surface area contributed by atoms with Crippen LogP contribution in [0.15, 0.2) is 0 Å². The highest BCUT2D eigenvalue weighted by Crippen LogP contribution is 2.16. The number of hydrogen-bond acceptors (Lipinski definition) is 3. The first-order chi connectivity index (χ1) is 5.58. The molecule has 0 aromatic carbocycles. The molecule has 0 spiro atoms. The van der Waals surface area contributed by atoms with Crippen molar-refractivity contribution in [2.24, 2.45) is 0 Å². The van der Waals surface area contributed by atoms with Crippen LogP contribution in [0, 0.1) is 0 Å². The molecule has 1 aliphatic rings. The molecule has 1 fully saturated rings. The van der Waals surface area contributed by atoms with E-state index in [2.05, 4.69) is 26.1 Å². The zero-order chi connectivity index (χ0) is 9.03. The van der Waals surface area contributed by atoms with Crippen molar-refractivity contribution in [3.05, 3.63) is 0 Å². The Morgan fingerprint density at radius 2 is 2.08 bits per heavy atom. The smallest absolute Gasteiger partial charge is 0.0599 e. The van der Waals surface area contributed by atoms with Gasteiger partial charge in [0.05, 0.1) is 12.2 Å². The largest absolute Gasteiger partial charge is 0.375 e. The molecule has 1 aliphatic heterocycles. The summed E-state index contributed by atoms with van der Waals surface area (Å²) in [5.41, 5.74) is 0.00996. The Morgan fingerprint density at radius 3 is 2.50 bits per heavy atom. The fraction of sp³-hybridized carbons (Fsp3) is 1.00. The molecule has 1 N–H and O–H groups in total. The monoisotopic (exact) mass is 189 g/mol. The van der Waals surface area contributed by atoms with Gasteiger partial charge in [0.1, 0.15) is 0 Å². The third-order valence-electron chi connectivity index (χ3n) is 1.71. The summed E-state index contributed by atoms with van der Waals surface area (Å²) in [5.74, 6) is 2.55. The number of thioether (sulfide) groups is 1. The quantitative estimate of drug-likeness (QED) is 0.677. The summed E-state index contributed by atoms with van der Waals surface area (Å²) >= 11 is 2.01. The van der Waals surface area contributed by atoms with Gasteiger partial charge in [-0.05, 0) is 20.8 Å². The lowest BCUT2D eigenvalue weighted by Gasteiger charge is -2.27. The first kappa shape index (κ1) is 10.4. The maximum Gasteiger partial charge on any atom is 0.0599 e. The van der Waals surface area contributed by atoms with Crippen LogP contribution < -0.4 is 5.32 Å². The van der Waals surface area contributed by atoms with E-state index in [4.69, 9.17) is 4.74 Å². The molecule has 0 unspecified atom stereocenters. The lowest BCUT2D eigenvalue weighted by molar-refractivity contribution is -0.00134. The Kier molecular flexibility index (Phi) is 3.87. The average molecular weight is 189 g/mol. The van der Waals surface area contributed by atoms with Gasteiger partial charge >= 0.3 is 0 Å². The maximum atomic E-state index is 5.58. The molecule has 1 saturated heterocycles. The van der Waals surface area contributed by atoms with Crippen LogP contribution in [0.5, 0.6) is 0 Å². The lowest BCUT2D eigenvalue weighted by atomic mass is 10.2. The molecule has 0 bridgehead atoms. The highest BCUT2D eigenvalue weighted by molar-refractivity contribution is 8.00. The predicted octanol–water partition coefficient (Wildman–Crippen LogP) is 1.51. The Bertz CT molecular complexity index is 129. The number of hydrogen-bond donors (Lipinski definition) is 1. The summed E-state index contributed by atoms with van der Waals surface area (Å²) in [5, 5.41) is 3.45. The molecule has 0 saturated carbocycles. The average Bonchev–Trinajstić information content (AvgIpc) is 1.80. The molecule has 1 rings (SSSR count). The summed E-state index contributed by atoms with van der Waals surface area (Å²) < 4.78 is 5.58. The second kappa shape index (κ2) is 4.49. The first-order valence-corrected chi connectivity index (χ1v) is 5.68. The number of rotatable bonds is 4. The second-order valence-electron chi connectivity index (χ2n) is 4.15. The van der Waals surface area contributed by atoms with Crippen molar-refractivity contribution in [1.82, 2.24) is 5.32 Å². The van der Waals surface area contributed by atoms with E-state index >= 15 is 0 Å². The summed E-state index contributed by atoms with van der Waals surface area (Å²) in [6.45, 7) is 8.08. The minimum atomic E-state index is 0.00996. The summed E-state index contributed by atoms with van der Waals surface area (Å²) in [6, 6.07) is 0.749. The van der Waals surface area contributed by atoms with E-state index in [0.717, 1.165) is 19.2 Å². The predicted molar refractivity (Wildman–Crippen MR) is 54.8 cm³/mol. The van der Waals surface area contributed by atoms with E-state index in [-0.39, 0.29) is 5.60 Å². The standard InChI is InChI=1S/C9H19NOS/c1-9(2,3)11-5-4-10-8-6-12-7-8/h8,10H,4-7H2,1-3H3. The minimum absolute atomic E-state index is 0.00996. The van der Waals surface area contributed by atoms with E-state index in [1.165, 1.54) is 11.5 Å². The van der Waals surface area contributed by atoms with Crippen molar-refractivity contribution in [3.63, 3.8) is 0 Å². The third kappa shape index (κ3) is 4.33. The minimum Gasteiger partial charge on any atom is -0.375 e. The number of nitrogens with one attached hydrogen (secondary N) is 1. The van der Waals surface area contributed by atoms with Crippen molar-refractivity contribution in [3.8, 4) is 0 Å². The molecule has 0 amide bonds. The fourth-order valence-corrected chi connectivity index (χ4v) is 1.68. The molecule has 0 aromatic rings. The van der Waals surface area contributed by atoms with Crippen LogP contribution in [-0.2, 0) is 4.74 Å². The van der Waals surface area contributed by atoms with Gasteiger partial charge in [0.2, 0.25) is 0 Å². The zero-order valence-electron chi connectivity index (χ0n) is 8.22. The van der Waals surface area contributed by atoms with Crippen LogP contribution in [0.4, 0.5) is 0 Å². The van der Waals surface area contributed by atoms with Gasteiger partial charge in [-0.1, -0.05) is 0 Å². The van der Waals surface area contributed by atoms with Gasteiger partial charge in [-0.2, -0.15) is 11.8 Å². The molecule has 0 atom stereocenters. The normalized spacial score (nSPS) is 19.2. The van der Waals surface area contributed by atoms with Gasteiger partial charge in [0.15, 0.2) is 0 Å². The van der Waals surface area contributed by atoms with E-state index in [9.17, 15) is 0 Å². The Morgan fingerprint density at radius 1 is 1.42 bits per heavy atom.